The summed E-state index contributed by atoms with van der Waals surface area (Å²) in [6.07, 6.45) is 4.40. The second-order valence-corrected chi connectivity index (χ2v) is 7.15. The van der Waals surface area contributed by atoms with Gasteiger partial charge in [0.2, 0.25) is 0 Å². The van der Waals surface area contributed by atoms with Crippen LogP contribution in [0, 0.1) is 5.92 Å². The SMILES string of the molecule is COC1(C(=O)Cc2csc3ccccc23)CCC(C)CC1. The Balaban J connectivity index is 1.82. The fraction of sp³-hybridized carbons (Fsp3) is 0.500. The fourth-order valence-electron chi connectivity index (χ4n) is 3.33. The van der Waals surface area contributed by atoms with Crippen LogP contribution in [0.1, 0.15) is 38.2 Å². The van der Waals surface area contributed by atoms with Crippen LogP contribution < -0.4 is 0 Å². The van der Waals surface area contributed by atoms with Crippen LogP contribution in [0.25, 0.3) is 10.1 Å². The van der Waals surface area contributed by atoms with Crippen LogP contribution in [-0.2, 0) is 16.0 Å². The van der Waals surface area contributed by atoms with E-state index in [2.05, 4.69) is 24.4 Å². The molecule has 3 rings (SSSR count). The summed E-state index contributed by atoms with van der Waals surface area (Å²) >= 11 is 1.72. The fourth-order valence-corrected chi connectivity index (χ4v) is 4.29. The lowest BCUT2D eigenvalue weighted by atomic mass is 9.76. The first-order valence-electron chi connectivity index (χ1n) is 7.68. The summed E-state index contributed by atoms with van der Waals surface area (Å²) in [6.45, 7) is 2.26. The molecule has 1 fully saturated rings. The Bertz CT molecular complexity index is 635. The van der Waals surface area contributed by atoms with E-state index in [1.807, 2.05) is 12.1 Å². The minimum Gasteiger partial charge on any atom is -0.370 e. The Morgan fingerprint density at radius 3 is 2.76 bits per heavy atom. The quantitative estimate of drug-likeness (QED) is 0.824. The monoisotopic (exact) mass is 302 g/mol. The molecule has 3 heteroatoms. The van der Waals surface area contributed by atoms with Crippen molar-refractivity contribution < 1.29 is 9.53 Å². The van der Waals surface area contributed by atoms with Gasteiger partial charge in [0.15, 0.2) is 5.78 Å². The van der Waals surface area contributed by atoms with Gasteiger partial charge in [0.05, 0.1) is 0 Å². The van der Waals surface area contributed by atoms with Gasteiger partial charge in [-0.05, 0) is 54.0 Å². The standard InChI is InChI=1S/C18H22O2S/c1-13-7-9-18(20-2,10-8-13)17(19)11-14-12-21-16-6-4-3-5-15(14)16/h3-6,12-13H,7-11H2,1-2H3. The highest BCUT2D eigenvalue weighted by Crippen LogP contribution is 2.36. The average molecular weight is 302 g/mol. The maximum absolute atomic E-state index is 12.8. The van der Waals surface area contributed by atoms with E-state index in [1.165, 1.54) is 10.1 Å². The summed E-state index contributed by atoms with van der Waals surface area (Å²) in [6, 6.07) is 8.31. The number of ether oxygens (including phenoxy) is 1. The molecule has 21 heavy (non-hydrogen) atoms. The van der Waals surface area contributed by atoms with Gasteiger partial charge in [0.25, 0.3) is 0 Å². The largest absolute Gasteiger partial charge is 0.370 e. The Kier molecular flexibility index (Phi) is 4.14. The Morgan fingerprint density at radius 1 is 1.33 bits per heavy atom. The van der Waals surface area contributed by atoms with Gasteiger partial charge in [0, 0.05) is 18.2 Å². The first-order chi connectivity index (χ1) is 10.1. The van der Waals surface area contributed by atoms with Crippen molar-refractivity contribution in [2.24, 2.45) is 5.92 Å². The number of fused-ring (bicyclic) bond motifs is 1. The molecular formula is C18H22O2S. The third-order valence-corrected chi connectivity index (χ3v) is 5.91. The van der Waals surface area contributed by atoms with E-state index in [1.54, 1.807) is 18.4 Å². The molecule has 2 aromatic rings. The second kappa shape index (κ2) is 5.90. The smallest absolute Gasteiger partial charge is 0.169 e. The minimum absolute atomic E-state index is 0.250. The summed E-state index contributed by atoms with van der Waals surface area (Å²) < 4.78 is 6.96. The third-order valence-electron chi connectivity index (χ3n) is 4.89. The molecule has 0 aliphatic heterocycles. The molecule has 1 saturated carbocycles. The lowest BCUT2D eigenvalue weighted by Gasteiger charge is -2.37. The molecule has 1 aliphatic carbocycles. The van der Waals surface area contributed by atoms with Crippen molar-refractivity contribution in [3.05, 3.63) is 35.2 Å². The van der Waals surface area contributed by atoms with Crippen LogP contribution in [-0.4, -0.2) is 18.5 Å². The van der Waals surface area contributed by atoms with E-state index in [0.29, 0.717) is 12.3 Å². The maximum atomic E-state index is 12.8. The molecule has 0 atom stereocenters. The predicted molar refractivity (Wildman–Crippen MR) is 87.9 cm³/mol. The molecule has 0 amide bonds. The normalized spacial score (nSPS) is 26.1. The molecule has 2 nitrogen and oxygen atoms in total. The molecule has 1 heterocycles. The Labute approximate surface area is 130 Å². The van der Waals surface area contributed by atoms with E-state index in [-0.39, 0.29) is 5.78 Å². The molecule has 0 spiro atoms. The summed E-state index contributed by atoms with van der Waals surface area (Å²) in [5.74, 6) is 0.962. The zero-order chi connectivity index (χ0) is 14.9. The molecule has 1 aliphatic rings. The van der Waals surface area contributed by atoms with Gasteiger partial charge >= 0.3 is 0 Å². The van der Waals surface area contributed by atoms with Gasteiger partial charge in [-0.25, -0.2) is 0 Å². The number of methoxy groups -OCH3 is 1. The molecule has 0 saturated heterocycles. The predicted octanol–water partition coefficient (Wildman–Crippen LogP) is 4.61. The van der Waals surface area contributed by atoms with Crippen molar-refractivity contribution in [2.45, 2.75) is 44.6 Å². The lowest BCUT2D eigenvalue weighted by molar-refractivity contribution is -0.145. The molecule has 0 unspecified atom stereocenters. The van der Waals surface area contributed by atoms with E-state index in [9.17, 15) is 4.79 Å². The van der Waals surface area contributed by atoms with Crippen LogP contribution in [0.5, 0.6) is 0 Å². The van der Waals surface area contributed by atoms with E-state index in [0.717, 1.165) is 31.2 Å². The summed E-state index contributed by atoms with van der Waals surface area (Å²) in [5, 5.41) is 3.34. The highest BCUT2D eigenvalue weighted by molar-refractivity contribution is 7.17. The zero-order valence-electron chi connectivity index (χ0n) is 12.7. The molecule has 0 bridgehead atoms. The Morgan fingerprint density at radius 2 is 2.05 bits per heavy atom. The topological polar surface area (TPSA) is 26.3 Å². The number of Topliss-reactive ketones (excluding diaryl/α,β-unsaturated/α-hetero) is 1. The summed E-state index contributed by atoms with van der Waals surface area (Å²) in [4.78, 5) is 12.8. The first kappa shape index (κ1) is 14.7. The van der Waals surface area contributed by atoms with Crippen LogP contribution in [0.2, 0.25) is 0 Å². The maximum Gasteiger partial charge on any atom is 0.169 e. The molecule has 0 N–H and O–H groups in total. The molecule has 0 radical (unpaired) electrons. The third kappa shape index (κ3) is 2.77. The van der Waals surface area contributed by atoms with Crippen LogP contribution in [0.15, 0.2) is 29.6 Å². The van der Waals surface area contributed by atoms with E-state index >= 15 is 0 Å². The van der Waals surface area contributed by atoms with Gasteiger partial charge in [-0.3, -0.25) is 4.79 Å². The van der Waals surface area contributed by atoms with Crippen molar-refractivity contribution in [2.75, 3.05) is 7.11 Å². The van der Waals surface area contributed by atoms with E-state index < -0.39 is 5.60 Å². The average Bonchev–Trinajstić information content (AvgIpc) is 2.92. The second-order valence-electron chi connectivity index (χ2n) is 6.24. The van der Waals surface area contributed by atoms with Gasteiger partial charge in [-0.15, -0.1) is 11.3 Å². The molecule has 1 aromatic heterocycles. The molecular weight excluding hydrogens is 280 g/mol. The number of carbonyl (C=O) groups excluding carboxylic acids is 1. The first-order valence-corrected chi connectivity index (χ1v) is 8.56. The highest BCUT2D eigenvalue weighted by Gasteiger charge is 2.40. The van der Waals surface area contributed by atoms with Gasteiger partial charge < -0.3 is 4.74 Å². The number of hydrogen-bond acceptors (Lipinski definition) is 3. The Hall–Kier alpha value is -1.19. The number of rotatable bonds is 4. The molecule has 1 aromatic carbocycles. The van der Waals surface area contributed by atoms with Crippen molar-refractivity contribution in [3.8, 4) is 0 Å². The van der Waals surface area contributed by atoms with Crippen molar-refractivity contribution >= 4 is 27.2 Å². The zero-order valence-corrected chi connectivity index (χ0v) is 13.5. The number of ketones is 1. The van der Waals surface area contributed by atoms with Crippen LogP contribution in [0.4, 0.5) is 0 Å². The van der Waals surface area contributed by atoms with Crippen LogP contribution in [0.3, 0.4) is 0 Å². The van der Waals surface area contributed by atoms with Crippen molar-refractivity contribution in [3.63, 3.8) is 0 Å². The van der Waals surface area contributed by atoms with Crippen molar-refractivity contribution in [1.82, 2.24) is 0 Å². The number of thiophene rings is 1. The number of hydrogen-bond donors (Lipinski definition) is 0. The minimum atomic E-state index is -0.546. The van der Waals surface area contributed by atoms with E-state index in [4.69, 9.17) is 4.74 Å². The van der Waals surface area contributed by atoms with Gasteiger partial charge in [0.1, 0.15) is 5.60 Å². The number of carbonyl (C=O) groups is 1. The van der Waals surface area contributed by atoms with Crippen LogP contribution >= 0.6 is 11.3 Å². The summed E-state index contributed by atoms with van der Waals surface area (Å²) in [5.41, 5.74) is 0.603. The highest BCUT2D eigenvalue weighted by atomic mass is 32.1. The number of benzene rings is 1. The summed E-state index contributed by atoms with van der Waals surface area (Å²) in [7, 11) is 1.69. The molecule has 112 valence electrons. The van der Waals surface area contributed by atoms with Crippen molar-refractivity contribution in [1.29, 1.82) is 0 Å². The van der Waals surface area contributed by atoms with Gasteiger partial charge in [-0.1, -0.05) is 25.1 Å². The van der Waals surface area contributed by atoms with Gasteiger partial charge in [-0.2, -0.15) is 0 Å². The lowest BCUT2D eigenvalue weighted by Crippen LogP contribution is -2.44.